The molecule has 2 aromatic rings. The fraction of sp³-hybridized carbons (Fsp3) is 0.429. The normalized spacial score (nSPS) is 22.1. The number of anilines is 2. The Balaban J connectivity index is 1.89. The topological polar surface area (TPSA) is 75.9 Å². The Labute approximate surface area is 122 Å². The van der Waals surface area contributed by atoms with E-state index in [0.717, 1.165) is 23.3 Å². The van der Waals surface area contributed by atoms with Crippen LogP contribution in [0.2, 0.25) is 0 Å². The van der Waals surface area contributed by atoms with Crippen LogP contribution in [0.15, 0.2) is 24.3 Å². The molecule has 0 aliphatic carbocycles. The Hall–Kier alpha value is -1.53. The molecule has 0 saturated carbocycles. The van der Waals surface area contributed by atoms with E-state index >= 15 is 0 Å². The fourth-order valence-corrected chi connectivity index (χ4v) is 3.77. The maximum atomic E-state index is 5.45. The van der Waals surface area contributed by atoms with E-state index in [2.05, 4.69) is 27.6 Å². The van der Waals surface area contributed by atoms with Crippen molar-refractivity contribution in [1.29, 1.82) is 0 Å². The summed E-state index contributed by atoms with van der Waals surface area (Å²) in [5.41, 5.74) is 3.42. The molecule has 0 spiro atoms. The van der Waals surface area contributed by atoms with E-state index in [9.17, 15) is 0 Å². The summed E-state index contributed by atoms with van der Waals surface area (Å²) in [5.74, 6) is 7.98. The third-order valence-electron chi connectivity index (χ3n) is 3.66. The van der Waals surface area contributed by atoms with Crippen molar-refractivity contribution in [2.75, 3.05) is 23.0 Å². The van der Waals surface area contributed by atoms with Crippen molar-refractivity contribution in [3.63, 3.8) is 0 Å². The van der Waals surface area contributed by atoms with E-state index in [1.165, 1.54) is 18.6 Å². The summed E-state index contributed by atoms with van der Waals surface area (Å²) in [7, 11) is 0. The molecule has 3 rings (SSSR count). The molecular weight excluding hydrogens is 270 g/mol. The second-order valence-corrected chi connectivity index (χ2v) is 7.00. The van der Waals surface area contributed by atoms with Gasteiger partial charge in [0.05, 0.1) is 5.52 Å². The molecule has 1 aliphatic rings. The minimum atomic E-state index is 0.294. The molecule has 1 aromatic carbocycles. The highest BCUT2D eigenvalue weighted by Gasteiger charge is 2.29. The third-order valence-corrected chi connectivity index (χ3v) is 5.20. The van der Waals surface area contributed by atoms with Gasteiger partial charge in [0, 0.05) is 16.7 Å². The van der Waals surface area contributed by atoms with Crippen LogP contribution in [0.4, 0.5) is 11.8 Å². The number of fused-ring (bicyclic) bond motifs is 1. The van der Waals surface area contributed by atoms with Gasteiger partial charge in [-0.1, -0.05) is 12.1 Å². The predicted octanol–water partition coefficient (Wildman–Crippen LogP) is 2.61. The van der Waals surface area contributed by atoms with Crippen molar-refractivity contribution in [3.05, 3.63) is 24.3 Å². The van der Waals surface area contributed by atoms with E-state index in [4.69, 9.17) is 5.84 Å². The summed E-state index contributed by atoms with van der Waals surface area (Å²) < 4.78 is 0.294. The quantitative estimate of drug-likeness (QED) is 0.593. The number of para-hydroxylation sites is 1. The number of nitrogens with one attached hydrogen (secondary N) is 2. The number of nitrogen functional groups attached to an aromatic ring is 1. The number of hydrogen-bond acceptors (Lipinski definition) is 6. The van der Waals surface area contributed by atoms with Gasteiger partial charge in [0.25, 0.3) is 0 Å². The first kappa shape index (κ1) is 13.5. The lowest BCUT2D eigenvalue weighted by molar-refractivity contribution is 0.634. The first-order valence-corrected chi connectivity index (χ1v) is 7.80. The van der Waals surface area contributed by atoms with E-state index < -0.39 is 0 Å². The molecule has 1 unspecified atom stereocenters. The van der Waals surface area contributed by atoms with Gasteiger partial charge in [-0.2, -0.15) is 16.7 Å². The van der Waals surface area contributed by atoms with Gasteiger partial charge in [-0.3, -0.25) is 5.43 Å². The smallest absolute Gasteiger partial charge is 0.239 e. The Bertz CT molecular complexity index is 610. The molecule has 1 atom stereocenters. The zero-order valence-electron chi connectivity index (χ0n) is 11.5. The van der Waals surface area contributed by atoms with Crippen LogP contribution in [0.25, 0.3) is 10.9 Å². The molecule has 1 saturated heterocycles. The van der Waals surface area contributed by atoms with Gasteiger partial charge in [0.15, 0.2) is 0 Å². The lowest BCUT2D eigenvalue weighted by Gasteiger charge is -2.23. The summed E-state index contributed by atoms with van der Waals surface area (Å²) in [6, 6.07) is 7.96. The Kier molecular flexibility index (Phi) is 3.67. The molecule has 6 heteroatoms. The van der Waals surface area contributed by atoms with E-state index in [1.807, 2.05) is 36.0 Å². The number of nitrogens with zero attached hydrogens (tertiary/aromatic N) is 2. The third kappa shape index (κ3) is 2.66. The molecule has 0 bridgehead atoms. The number of aromatic nitrogens is 2. The molecule has 0 amide bonds. The highest BCUT2D eigenvalue weighted by molar-refractivity contribution is 8.00. The molecule has 5 nitrogen and oxygen atoms in total. The first-order valence-electron chi connectivity index (χ1n) is 6.81. The number of benzene rings is 1. The van der Waals surface area contributed by atoms with Crippen LogP contribution in [-0.2, 0) is 0 Å². The maximum absolute atomic E-state index is 5.45. The SMILES string of the molecule is CC1(CNc2nc(NN)nc3ccccc23)CCCS1. The Morgan fingerprint density at radius 2 is 2.20 bits per heavy atom. The van der Waals surface area contributed by atoms with Crippen LogP contribution < -0.4 is 16.6 Å². The van der Waals surface area contributed by atoms with Crippen LogP contribution in [0.1, 0.15) is 19.8 Å². The number of thioether (sulfide) groups is 1. The van der Waals surface area contributed by atoms with Crippen molar-refractivity contribution in [1.82, 2.24) is 9.97 Å². The van der Waals surface area contributed by atoms with Gasteiger partial charge in [0.2, 0.25) is 5.95 Å². The number of nitrogens with two attached hydrogens (primary N) is 1. The summed E-state index contributed by atoms with van der Waals surface area (Å²) in [5, 5.41) is 4.50. The molecule has 4 N–H and O–H groups in total. The number of hydrazine groups is 1. The molecule has 1 fully saturated rings. The first-order chi connectivity index (χ1) is 9.70. The molecule has 1 aliphatic heterocycles. The van der Waals surface area contributed by atoms with Gasteiger partial charge >= 0.3 is 0 Å². The van der Waals surface area contributed by atoms with Crippen molar-refractivity contribution in [2.24, 2.45) is 5.84 Å². The average Bonchev–Trinajstić information content (AvgIpc) is 2.91. The molecule has 106 valence electrons. The van der Waals surface area contributed by atoms with Crippen molar-refractivity contribution < 1.29 is 0 Å². The number of rotatable bonds is 4. The van der Waals surface area contributed by atoms with Crippen LogP contribution >= 0.6 is 11.8 Å². The summed E-state index contributed by atoms with van der Waals surface area (Å²) in [6.45, 7) is 3.21. The average molecular weight is 289 g/mol. The molecule has 1 aromatic heterocycles. The van der Waals surface area contributed by atoms with Gasteiger partial charge in [-0.05, 0) is 37.7 Å². The van der Waals surface area contributed by atoms with Gasteiger partial charge in [0.1, 0.15) is 5.82 Å². The summed E-state index contributed by atoms with van der Waals surface area (Å²) in [6.07, 6.45) is 2.54. The summed E-state index contributed by atoms with van der Waals surface area (Å²) >= 11 is 2.03. The zero-order chi connectivity index (χ0) is 14.0. The number of hydrogen-bond donors (Lipinski definition) is 3. The van der Waals surface area contributed by atoms with Crippen molar-refractivity contribution in [2.45, 2.75) is 24.5 Å². The van der Waals surface area contributed by atoms with Gasteiger partial charge in [-0.15, -0.1) is 0 Å². The van der Waals surface area contributed by atoms with Crippen LogP contribution in [-0.4, -0.2) is 27.0 Å². The van der Waals surface area contributed by atoms with Gasteiger partial charge < -0.3 is 5.32 Å². The second kappa shape index (κ2) is 5.46. The highest BCUT2D eigenvalue weighted by Crippen LogP contribution is 2.38. The van der Waals surface area contributed by atoms with Crippen molar-refractivity contribution >= 4 is 34.4 Å². The molecular formula is C14H19N5S. The standard InChI is InChI=1S/C14H19N5S/c1-14(7-4-8-20-14)9-16-12-10-5-2-3-6-11(10)17-13(18-12)19-15/h2-3,5-6H,4,7-9,15H2,1H3,(H2,16,17,18,19). The molecule has 20 heavy (non-hydrogen) atoms. The minimum absolute atomic E-state index is 0.294. The zero-order valence-corrected chi connectivity index (χ0v) is 12.3. The maximum Gasteiger partial charge on any atom is 0.239 e. The van der Waals surface area contributed by atoms with Gasteiger partial charge in [-0.25, -0.2) is 10.8 Å². The minimum Gasteiger partial charge on any atom is -0.368 e. The van der Waals surface area contributed by atoms with E-state index in [1.54, 1.807) is 0 Å². The fourth-order valence-electron chi connectivity index (χ4n) is 2.52. The lowest BCUT2D eigenvalue weighted by atomic mass is 10.1. The van der Waals surface area contributed by atoms with E-state index in [-0.39, 0.29) is 0 Å². The van der Waals surface area contributed by atoms with E-state index in [0.29, 0.717) is 10.7 Å². The Morgan fingerprint density at radius 3 is 2.95 bits per heavy atom. The predicted molar refractivity (Wildman–Crippen MR) is 85.9 cm³/mol. The summed E-state index contributed by atoms with van der Waals surface area (Å²) in [4.78, 5) is 8.80. The highest BCUT2D eigenvalue weighted by atomic mass is 32.2. The van der Waals surface area contributed by atoms with Crippen molar-refractivity contribution in [3.8, 4) is 0 Å². The van der Waals surface area contributed by atoms with Crippen LogP contribution in [0.5, 0.6) is 0 Å². The molecule has 2 heterocycles. The second-order valence-electron chi connectivity index (χ2n) is 5.31. The monoisotopic (exact) mass is 289 g/mol. The lowest BCUT2D eigenvalue weighted by Crippen LogP contribution is -2.27. The van der Waals surface area contributed by atoms with Crippen LogP contribution in [0.3, 0.4) is 0 Å². The largest absolute Gasteiger partial charge is 0.368 e. The van der Waals surface area contributed by atoms with Crippen LogP contribution in [0, 0.1) is 0 Å². The molecule has 0 radical (unpaired) electrons. The Morgan fingerprint density at radius 1 is 1.35 bits per heavy atom.